The van der Waals surface area contributed by atoms with E-state index >= 15 is 0 Å². The summed E-state index contributed by atoms with van der Waals surface area (Å²) < 4.78 is 0. The van der Waals surface area contributed by atoms with E-state index in [4.69, 9.17) is 0 Å². The molecule has 1 unspecified atom stereocenters. The van der Waals surface area contributed by atoms with Gasteiger partial charge in [0.2, 0.25) is 0 Å². The maximum absolute atomic E-state index is 3.70. The van der Waals surface area contributed by atoms with Crippen molar-refractivity contribution in [2.24, 2.45) is 5.41 Å². The molecule has 0 amide bonds. The monoisotopic (exact) mass is 288 g/mol. The van der Waals surface area contributed by atoms with Gasteiger partial charge in [0.25, 0.3) is 0 Å². The molecule has 118 valence electrons. The zero-order chi connectivity index (χ0) is 15.5. The van der Waals surface area contributed by atoms with Crippen LogP contribution in [0.15, 0.2) is 30.3 Å². The van der Waals surface area contributed by atoms with Crippen LogP contribution in [-0.2, 0) is 0 Å². The summed E-state index contributed by atoms with van der Waals surface area (Å²) in [7, 11) is 0. The van der Waals surface area contributed by atoms with Gasteiger partial charge in [-0.25, -0.2) is 0 Å². The van der Waals surface area contributed by atoms with E-state index in [1.54, 1.807) is 0 Å². The average molecular weight is 288 g/mol. The first-order valence-corrected chi connectivity index (χ1v) is 8.31. The summed E-state index contributed by atoms with van der Waals surface area (Å²) in [5, 5.41) is 3.70. The third-order valence-electron chi connectivity index (χ3n) is 4.38. The SMILES string of the molecule is CC1(C)CCCN(C(CNC(C)(C)C)c2ccccc2)C1. The summed E-state index contributed by atoms with van der Waals surface area (Å²) in [5.41, 5.74) is 2.04. The van der Waals surface area contributed by atoms with Gasteiger partial charge < -0.3 is 5.32 Å². The summed E-state index contributed by atoms with van der Waals surface area (Å²) in [4.78, 5) is 2.68. The van der Waals surface area contributed by atoms with Gasteiger partial charge in [0, 0.05) is 24.7 Å². The van der Waals surface area contributed by atoms with Crippen molar-refractivity contribution < 1.29 is 0 Å². The Balaban J connectivity index is 2.15. The van der Waals surface area contributed by atoms with Gasteiger partial charge >= 0.3 is 0 Å². The van der Waals surface area contributed by atoms with Crippen LogP contribution < -0.4 is 5.32 Å². The Kier molecular flexibility index (Phi) is 5.11. The molecule has 1 aromatic carbocycles. The zero-order valence-electron chi connectivity index (χ0n) is 14.4. The number of piperidine rings is 1. The molecule has 1 aliphatic heterocycles. The second-order valence-corrected chi connectivity index (χ2v) is 8.30. The summed E-state index contributed by atoms with van der Waals surface area (Å²) in [5.74, 6) is 0. The Hall–Kier alpha value is -0.860. The lowest BCUT2D eigenvalue weighted by Gasteiger charge is -2.43. The van der Waals surface area contributed by atoms with Crippen molar-refractivity contribution in [1.29, 1.82) is 0 Å². The highest BCUT2D eigenvalue weighted by molar-refractivity contribution is 5.20. The van der Waals surface area contributed by atoms with Crippen molar-refractivity contribution in [3.05, 3.63) is 35.9 Å². The van der Waals surface area contributed by atoms with Gasteiger partial charge in [-0.2, -0.15) is 0 Å². The van der Waals surface area contributed by atoms with Crippen LogP contribution in [0.25, 0.3) is 0 Å². The Morgan fingerprint density at radius 2 is 1.86 bits per heavy atom. The lowest BCUT2D eigenvalue weighted by Crippen LogP contribution is -2.47. The lowest BCUT2D eigenvalue weighted by atomic mass is 9.83. The number of hydrogen-bond donors (Lipinski definition) is 1. The van der Waals surface area contributed by atoms with Gasteiger partial charge in [-0.05, 0) is 51.1 Å². The summed E-state index contributed by atoms with van der Waals surface area (Å²) in [6, 6.07) is 11.5. The number of rotatable bonds is 4. The molecule has 21 heavy (non-hydrogen) atoms. The number of nitrogens with one attached hydrogen (secondary N) is 1. The van der Waals surface area contributed by atoms with Gasteiger partial charge in [0.15, 0.2) is 0 Å². The van der Waals surface area contributed by atoms with E-state index in [1.165, 1.54) is 31.5 Å². The summed E-state index contributed by atoms with van der Waals surface area (Å²) in [6.45, 7) is 15.0. The second kappa shape index (κ2) is 6.50. The van der Waals surface area contributed by atoms with E-state index in [2.05, 4.69) is 75.2 Å². The molecule has 0 spiro atoms. The van der Waals surface area contributed by atoms with E-state index < -0.39 is 0 Å². The Labute approximate surface area is 130 Å². The van der Waals surface area contributed by atoms with Crippen LogP contribution in [0.4, 0.5) is 0 Å². The van der Waals surface area contributed by atoms with Crippen molar-refractivity contribution in [2.45, 2.75) is 59.0 Å². The van der Waals surface area contributed by atoms with Crippen LogP contribution in [0.1, 0.15) is 59.1 Å². The van der Waals surface area contributed by atoms with Crippen LogP contribution in [0, 0.1) is 5.41 Å². The molecule has 1 heterocycles. The fourth-order valence-electron chi connectivity index (χ4n) is 3.27. The fourth-order valence-corrected chi connectivity index (χ4v) is 3.27. The molecule has 0 aromatic heterocycles. The summed E-state index contributed by atoms with van der Waals surface area (Å²) in [6.07, 6.45) is 2.66. The highest BCUT2D eigenvalue weighted by Gasteiger charge is 2.31. The van der Waals surface area contributed by atoms with Crippen LogP contribution >= 0.6 is 0 Å². The van der Waals surface area contributed by atoms with Gasteiger partial charge in [0.1, 0.15) is 0 Å². The van der Waals surface area contributed by atoms with Crippen LogP contribution in [0.3, 0.4) is 0 Å². The molecule has 2 rings (SSSR count). The van der Waals surface area contributed by atoms with Crippen LogP contribution in [0.2, 0.25) is 0 Å². The summed E-state index contributed by atoms with van der Waals surface area (Å²) >= 11 is 0. The molecule has 1 aromatic rings. The standard InChI is InChI=1S/C19H32N2/c1-18(2,3)20-14-17(16-10-7-6-8-11-16)21-13-9-12-19(4,5)15-21/h6-8,10-11,17,20H,9,12-15H2,1-5H3. The van der Waals surface area contributed by atoms with Crippen LogP contribution in [0.5, 0.6) is 0 Å². The molecule has 1 N–H and O–H groups in total. The van der Waals surface area contributed by atoms with E-state index in [0.717, 1.165) is 6.54 Å². The van der Waals surface area contributed by atoms with Gasteiger partial charge in [0.05, 0.1) is 0 Å². The second-order valence-electron chi connectivity index (χ2n) is 8.30. The third kappa shape index (κ3) is 5.12. The normalized spacial score (nSPS) is 21.2. The number of benzene rings is 1. The minimum Gasteiger partial charge on any atom is -0.310 e. The first-order valence-electron chi connectivity index (χ1n) is 8.31. The van der Waals surface area contributed by atoms with Gasteiger partial charge in [-0.1, -0.05) is 44.2 Å². The molecule has 2 heteroatoms. The molecule has 1 aliphatic rings. The topological polar surface area (TPSA) is 15.3 Å². The molecular formula is C19H32N2. The molecule has 1 fully saturated rings. The Bertz CT molecular complexity index is 431. The molecule has 0 saturated carbocycles. The third-order valence-corrected chi connectivity index (χ3v) is 4.38. The molecule has 0 aliphatic carbocycles. The smallest absolute Gasteiger partial charge is 0.0473 e. The first kappa shape index (κ1) is 16.5. The molecular weight excluding hydrogens is 256 g/mol. The van der Waals surface area contributed by atoms with Crippen LogP contribution in [-0.4, -0.2) is 30.1 Å². The number of likely N-dealkylation sites (tertiary alicyclic amines) is 1. The van der Waals surface area contributed by atoms with E-state index in [9.17, 15) is 0 Å². The van der Waals surface area contributed by atoms with Crippen molar-refractivity contribution in [3.8, 4) is 0 Å². The van der Waals surface area contributed by atoms with Crippen molar-refractivity contribution in [1.82, 2.24) is 10.2 Å². The Morgan fingerprint density at radius 1 is 1.19 bits per heavy atom. The Morgan fingerprint density at radius 3 is 2.43 bits per heavy atom. The maximum atomic E-state index is 3.70. The predicted molar refractivity (Wildman–Crippen MR) is 91.5 cm³/mol. The van der Waals surface area contributed by atoms with Gasteiger partial charge in [-0.3, -0.25) is 4.90 Å². The quantitative estimate of drug-likeness (QED) is 0.891. The van der Waals surface area contributed by atoms with Crippen molar-refractivity contribution in [2.75, 3.05) is 19.6 Å². The largest absolute Gasteiger partial charge is 0.310 e. The van der Waals surface area contributed by atoms with E-state index in [-0.39, 0.29) is 5.54 Å². The fraction of sp³-hybridized carbons (Fsp3) is 0.684. The number of nitrogens with zero attached hydrogens (tertiary/aromatic N) is 1. The molecule has 2 nitrogen and oxygen atoms in total. The zero-order valence-corrected chi connectivity index (χ0v) is 14.4. The molecule has 1 atom stereocenters. The highest BCUT2D eigenvalue weighted by Crippen LogP contribution is 2.33. The average Bonchev–Trinajstić information content (AvgIpc) is 2.38. The molecule has 0 bridgehead atoms. The van der Waals surface area contributed by atoms with E-state index in [1.807, 2.05) is 0 Å². The predicted octanol–water partition coefficient (Wildman–Crippen LogP) is 4.24. The first-order chi connectivity index (χ1) is 9.77. The van der Waals surface area contributed by atoms with Crippen molar-refractivity contribution >= 4 is 0 Å². The minimum absolute atomic E-state index is 0.165. The molecule has 0 radical (unpaired) electrons. The van der Waals surface area contributed by atoms with Gasteiger partial charge in [-0.15, -0.1) is 0 Å². The minimum atomic E-state index is 0.165. The van der Waals surface area contributed by atoms with E-state index in [0.29, 0.717) is 11.5 Å². The highest BCUT2D eigenvalue weighted by atomic mass is 15.2. The van der Waals surface area contributed by atoms with Crippen molar-refractivity contribution in [3.63, 3.8) is 0 Å². The number of hydrogen-bond acceptors (Lipinski definition) is 2. The maximum Gasteiger partial charge on any atom is 0.0473 e. The molecule has 1 saturated heterocycles. The lowest BCUT2D eigenvalue weighted by molar-refractivity contribution is 0.0744.